The first-order chi connectivity index (χ1) is 11.5. The van der Waals surface area contributed by atoms with E-state index in [0.29, 0.717) is 18.5 Å². The van der Waals surface area contributed by atoms with Crippen LogP contribution in [0.2, 0.25) is 0 Å². The van der Waals surface area contributed by atoms with Crippen LogP contribution in [0.1, 0.15) is 18.4 Å². The molecule has 0 aliphatic carbocycles. The highest BCUT2D eigenvalue weighted by Gasteiger charge is 2.47. The predicted molar refractivity (Wildman–Crippen MR) is 90.8 cm³/mol. The molecule has 1 fully saturated rings. The van der Waals surface area contributed by atoms with Crippen molar-refractivity contribution in [3.8, 4) is 0 Å². The third kappa shape index (κ3) is 3.29. The Morgan fingerprint density at radius 3 is 2.67 bits per heavy atom. The summed E-state index contributed by atoms with van der Waals surface area (Å²) < 4.78 is 14.4. The Bertz CT molecular complexity index is 728. The number of hydrogen-bond donors (Lipinski definition) is 1. The second-order valence-electron chi connectivity index (χ2n) is 5.86. The largest absolute Gasteiger partial charge is 0.366 e. The Labute approximate surface area is 145 Å². The van der Waals surface area contributed by atoms with Gasteiger partial charge < -0.3 is 10.0 Å². The molecule has 1 aliphatic heterocycles. The van der Waals surface area contributed by atoms with Crippen LogP contribution in [0.3, 0.4) is 0 Å². The fraction of sp³-hybridized carbons (Fsp3) is 0.278. The lowest BCUT2D eigenvalue weighted by Gasteiger charge is -2.41. The van der Waals surface area contributed by atoms with Gasteiger partial charge in [0.2, 0.25) is 5.72 Å². The molecule has 1 aliphatic rings. The Morgan fingerprint density at radius 1 is 1.21 bits per heavy atom. The van der Waals surface area contributed by atoms with E-state index in [1.54, 1.807) is 12.1 Å². The van der Waals surface area contributed by atoms with Crippen LogP contribution in [0, 0.1) is 5.82 Å². The average molecular weight is 349 g/mol. The summed E-state index contributed by atoms with van der Waals surface area (Å²) in [4.78, 5) is 14.4. The van der Waals surface area contributed by atoms with Gasteiger partial charge >= 0.3 is 0 Å². The normalized spacial score (nSPS) is 21.3. The van der Waals surface area contributed by atoms with Crippen molar-refractivity contribution in [1.29, 1.82) is 0 Å². The lowest BCUT2D eigenvalue weighted by Crippen LogP contribution is -2.60. The number of anilines is 1. The molecule has 0 radical (unpaired) electrons. The number of piperidine rings is 1. The van der Waals surface area contributed by atoms with Gasteiger partial charge in [0.05, 0.1) is 0 Å². The van der Waals surface area contributed by atoms with Gasteiger partial charge in [-0.3, -0.25) is 4.79 Å². The second-order valence-corrected chi connectivity index (χ2v) is 6.27. The third-order valence-corrected chi connectivity index (χ3v) is 4.57. The number of carbonyl (C=O) groups excluding carboxylic acids is 1. The molecular weight excluding hydrogens is 331 g/mol. The summed E-state index contributed by atoms with van der Waals surface area (Å²) in [6.07, 6.45) is 0.845. The summed E-state index contributed by atoms with van der Waals surface area (Å²) in [6, 6.07) is 15.1. The summed E-state index contributed by atoms with van der Waals surface area (Å²) >= 11 is 6.25. The van der Waals surface area contributed by atoms with E-state index in [4.69, 9.17) is 11.8 Å². The molecule has 126 valence electrons. The molecule has 0 spiro atoms. The van der Waals surface area contributed by atoms with E-state index in [2.05, 4.69) is 0 Å². The second kappa shape index (κ2) is 6.89. The van der Waals surface area contributed by atoms with Gasteiger partial charge in [0.15, 0.2) is 0 Å². The molecule has 0 bridgehead atoms. The zero-order chi connectivity index (χ0) is 17.2. The van der Waals surface area contributed by atoms with Crippen molar-refractivity contribution in [3.05, 3.63) is 66.0 Å². The molecule has 1 amide bonds. The molecule has 6 heteroatoms. The summed E-state index contributed by atoms with van der Waals surface area (Å²) in [5, 5.41) is 10.9. The van der Waals surface area contributed by atoms with E-state index >= 15 is 0 Å². The van der Waals surface area contributed by atoms with Crippen molar-refractivity contribution in [2.75, 3.05) is 11.4 Å². The van der Waals surface area contributed by atoms with Gasteiger partial charge in [0, 0.05) is 25.2 Å². The molecule has 1 atom stereocenters. The van der Waals surface area contributed by atoms with Gasteiger partial charge in [0.1, 0.15) is 5.82 Å². The standard InChI is InChI=1S/C18H18ClFN2O2/c19-22(13-14-6-4-7-15(20)12-14)18(24)10-5-11-21(17(18)23)16-8-2-1-3-9-16/h1-4,6-9,12,24H,5,10-11,13H2. The highest BCUT2D eigenvalue weighted by atomic mass is 35.5. The first-order valence-electron chi connectivity index (χ1n) is 7.78. The zero-order valence-corrected chi connectivity index (χ0v) is 13.8. The van der Waals surface area contributed by atoms with Crippen molar-refractivity contribution >= 4 is 23.4 Å². The van der Waals surface area contributed by atoms with Crippen LogP contribution in [0.5, 0.6) is 0 Å². The monoisotopic (exact) mass is 348 g/mol. The van der Waals surface area contributed by atoms with Crippen LogP contribution < -0.4 is 4.90 Å². The van der Waals surface area contributed by atoms with E-state index < -0.39 is 11.6 Å². The Balaban J connectivity index is 1.81. The molecule has 1 unspecified atom stereocenters. The number of para-hydroxylation sites is 1. The van der Waals surface area contributed by atoms with Crippen LogP contribution in [0.4, 0.5) is 10.1 Å². The number of rotatable bonds is 4. The molecule has 0 saturated carbocycles. The number of halogens is 2. The lowest BCUT2D eigenvalue weighted by molar-refractivity contribution is -0.155. The van der Waals surface area contributed by atoms with Crippen LogP contribution in [0.25, 0.3) is 0 Å². The van der Waals surface area contributed by atoms with Gasteiger partial charge in [-0.25, -0.2) is 4.39 Å². The van der Waals surface area contributed by atoms with Crippen LogP contribution in [-0.2, 0) is 11.3 Å². The molecule has 1 saturated heterocycles. The maximum Gasteiger partial charge on any atom is 0.275 e. The average Bonchev–Trinajstić information content (AvgIpc) is 2.58. The van der Waals surface area contributed by atoms with Gasteiger partial charge in [-0.2, -0.15) is 4.42 Å². The van der Waals surface area contributed by atoms with Gasteiger partial charge in [-0.15, -0.1) is 0 Å². The van der Waals surface area contributed by atoms with Gasteiger partial charge in [0.25, 0.3) is 5.91 Å². The van der Waals surface area contributed by atoms with Crippen LogP contribution in [-0.4, -0.2) is 27.7 Å². The smallest absolute Gasteiger partial charge is 0.275 e. The maximum atomic E-state index is 13.3. The SMILES string of the molecule is O=C1N(c2ccccc2)CCCC1(O)N(Cl)Cc1cccc(F)c1. The predicted octanol–water partition coefficient (Wildman–Crippen LogP) is 3.30. The number of benzene rings is 2. The number of amides is 1. The molecule has 3 rings (SSSR count). The number of aliphatic hydroxyl groups is 1. The quantitative estimate of drug-likeness (QED) is 0.681. The fourth-order valence-corrected chi connectivity index (χ4v) is 3.21. The maximum absolute atomic E-state index is 13.3. The Morgan fingerprint density at radius 2 is 1.96 bits per heavy atom. The van der Waals surface area contributed by atoms with E-state index in [-0.39, 0.29) is 18.8 Å². The molecule has 1 heterocycles. The molecule has 2 aromatic carbocycles. The van der Waals surface area contributed by atoms with Crippen molar-refractivity contribution in [3.63, 3.8) is 0 Å². The van der Waals surface area contributed by atoms with Crippen molar-refractivity contribution in [2.24, 2.45) is 0 Å². The van der Waals surface area contributed by atoms with Crippen molar-refractivity contribution in [1.82, 2.24) is 4.42 Å². The summed E-state index contributed by atoms with van der Waals surface area (Å²) in [6.45, 7) is 0.583. The molecular formula is C18H18ClFN2O2. The lowest BCUT2D eigenvalue weighted by atomic mass is 9.99. The van der Waals surface area contributed by atoms with Gasteiger partial charge in [-0.05, 0) is 48.0 Å². The summed E-state index contributed by atoms with van der Waals surface area (Å²) in [5.74, 6) is -0.850. The van der Waals surface area contributed by atoms with E-state index in [1.165, 1.54) is 17.0 Å². The van der Waals surface area contributed by atoms with Crippen molar-refractivity contribution in [2.45, 2.75) is 25.1 Å². The summed E-state index contributed by atoms with van der Waals surface area (Å²) in [5.41, 5.74) is -0.512. The first kappa shape index (κ1) is 16.9. The van der Waals surface area contributed by atoms with Crippen LogP contribution in [0.15, 0.2) is 54.6 Å². The van der Waals surface area contributed by atoms with E-state index in [9.17, 15) is 14.3 Å². The number of nitrogens with zero attached hydrogens (tertiary/aromatic N) is 2. The zero-order valence-electron chi connectivity index (χ0n) is 13.0. The minimum absolute atomic E-state index is 0.0597. The number of hydrogen-bond acceptors (Lipinski definition) is 3. The topological polar surface area (TPSA) is 43.8 Å². The fourth-order valence-electron chi connectivity index (χ4n) is 2.91. The Kier molecular flexibility index (Phi) is 4.85. The highest BCUT2D eigenvalue weighted by Crippen LogP contribution is 2.32. The summed E-state index contributed by atoms with van der Waals surface area (Å²) in [7, 11) is 0. The minimum atomic E-state index is -1.82. The Hall–Kier alpha value is -1.95. The molecule has 0 aromatic heterocycles. The minimum Gasteiger partial charge on any atom is -0.366 e. The van der Waals surface area contributed by atoms with Gasteiger partial charge in [-0.1, -0.05) is 30.3 Å². The van der Waals surface area contributed by atoms with Crippen molar-refractivity contribution < 1.29 is 14.3 Å². The third-order valence-electron chi connectivity index (χ3n) is 4.17. The molecule has 1 N–H and O–H groups in total. The highest BCUT2D eigenvalue weighted by molar-refractivity contribution is 6.16. The molecule has 4 nitrogen and oxygen atoms in total. The molecule has 2 aromatic rings. The van der Waals surface area contributed by atoms with E-state index in [1.807, 2.05) is 30.3 Å². The first-order valence-corrected chi connectivity index (χ1v) is 8.12. The van der Waals surface area contributed by atoms with Crippen LogP contribution >= 0.6 is 11.8 Å². The van der Waals surface area contributed by atoms with E-state index in [0.717, 1.165) is 10.1 Å². The number of carbonyl (C=O) groups is 1. The molecule has 24 heavy (non-hydrogen) atoms.